The molecule has 1 aliphatic heterocycles. The quantitative estimate of drug-likeness (QED) is 0.562. The van der Waals surface area contributed by atoms with Gasteiger partial charge in [-0.2, -0.15) is 0 Å². The second kappa shape index (κ2) is 9.03. The predicted molar refractivity (Wildman–Crippen MR) is 123 cm³/mol. The zero-order valence-corrected chi connectivity index (χ0v) is 19.1. The molecule has 0 atom stereocenters. The Morgan fingerprint density at radius 2 is 1.75 bits per heavy atom. The summed E-state index contributed by atoms with van der Waals surface area (Å²) >= 11 is 0. The second-order valence-corrected chi connectivity index (χ2v) is 9.86. The number of hydrogen-bond donors (Lipinski definition) is 0. The standard InChI is InChI=1S/C24H27FN2O4S/c1-3-9-27-16-23(32(29,30)18-7-5-17(4-2)6-8-18)24(28)19-14-20(25)22(15-21(19)27)26-10-12-31-13-11-26/h5-8,14-16H,3-4,9-13H2,1-2H3. The molecule has 0 unspecified atom stereocenters. The molecular weight excluding hydrogens is 431 g/mol. The number of fused-ring (bicyclic) bond motifs is 1. The number of aromatic nitrogens is 1. The molecule has 6 nitrogen and oxygen atoms in total. The molecule has 1 aromatic heterocycles. The highest BCUT2D eigenvalue weighted by atomic mass is 32.2. The molecule has 1 aliphatic rings. The highest BCUT2D eigenvalue weighted by Crippen LogP contribution is 2.28. The van der Waals surface area contributed by atoms with Crippen molar-refractivity contribution in [3.8, 4) is 0 Å². The van der Waals surface area contributed by atoms with E-state index < -0.39 is 21.1 Å². The van der Waals surface area contributed by atoms with Crippen molar-refractivity contribution in [2.24, 2.45) is 0 Å². The number of pyridine rings is 1. The highest BCUT2D eigenvalue weighted by Gasteiger charge is 2.25. The van der Waals surface area contributed by atoms with E-state index in [-0.39, 0.29) is 15.2 Å². The van der Waals surface area contributed by atoms with Crippen LogP contribution < -0.4 is 10.3 Å². The van der Waals surface area contributed by atoms with E-state index in [0.29, 0.717) is 44.1 Å². The van der Waals surface area contributed by atoms with E-state index in [1.165, 1.54) is 24.4 Å². The fourth-order valence-electron chi connectivity index (χ4n) is 4.07. The van der Waals surface area contributed by atoms with Crippen LogP contribution in [0.4, 0.5) is 10.1 Å². The molecular formula is C24H27FN2O4S. The van der Waals surface area contributed by atoms with Gasteiger partial charge >= 0.3 is 0 Å². The Labute approximate surface area is 187 Å². The number of benzene rings is 2. The Hall–Kier alpha value is -2.71. The minimum absolute atomic E-state index is 0.0552. The van der Waals surface area contributed by atoms with Gasteiger partial charge in [0.1, 0.15) is 10.7 Å². The molecule has 0 radical (unpaired) electrons. The largest absolute Gasteiger partial charge is 0.378 e. The van der Waals surface area contributed by atoms with E-state index in [9.17, 15) is 13.2 Å². The molecule has 2 aromatic carbocycles. The Morgan fingerprint density at radius 3 is 2.38 bits per heavy atom. The molecule has 170 valence electrons. The van der Waals surface area contributed by atoms with E-state index >= 15 is 4.39 Å². The number of aryl methyl sites for hydroxylation is 2. The smallest absolute Gasteiger partial charge is 0.211 e. The third-order valence-electron chi connectivity index (χ3n) is 5.86. The Balaban J connectivity index is 1.91. The lowest BCUT2D eigenvalue weighted by atomic mass is 10.1. The van der Waals surface area contributed by atoms with Crippen LogP contribution in [-0.2, 0) is 27.5 Å². The first kappa shape index (κ1) is 22.5. The summed E-state index contributed by atoms with van der Waals surface area (Å²) in [4.78, 5) is 14.9. The molecule has 0 spiro atoms. The van der Waals surface area contributed by atoms with Gasteiger partial charge in [0.05, 0.1) is 34.7 Å². The fourth-order valence-corrected chi connectivity index (χ4v) is 5.44. The summed E-state index contributed by atoms with van der Waals surface area (Å²) in [6, 6.07) is 9.35. The number of hydrogen-bond acceptors (Lipinski definition) is 5. The first-order chi connectivity index (χ1) is 15.4. The third-order valence-corrected chi connectivity index (χ3v) is 7.63. The number of sulfone groups is 1. The molecule has 3 aromatic rings. The molecule has 8 heteroatoms. The van der Waals surface area contributed by atoms with Crippen molar-refractivity contribution in [1.82, 2.24) is 4.57 Å². The average molecular weight is 459 g/mol. The molecule has 0 bridgehead atoms. The van der Waals surface area contributed by atoms with Crippen molar-refractivity contribution in [2.75, 3.05) is 31.2 Å². The van der Waals surface area contributed by atoms with E-state index in [1.807, 2.05) is 18.7 Å². The van der Waals surface area contributed by atoms with Crippen LogP contribution in [-0.4, -0.2) is 39.3 Å². The van der Waals surface area contributed by atoms with Gasteiger partial charge in [-0.3, -0.25) is 4.79 Å². The van der Waals surface area contributed by atoms with Gasteiger partial charge in [-0.1, -0.05) is 26.0 Å². The van der Waals surface area contributed by atoms with Gasteiger partial charge in [0.15, 0.2) is 0 Å². The van der Waals surface area contributed by atoms with E-state index in [4.69, 9.17) is 4.74 Å². The molecule has 2 heterocycles. The number of halogens is 1. The first-order valence-electron chi connectivity index (χ1n) is 10.9. The topological polar surface area (TPSA) is 68.6 Å². The minimum Gasteiger partial charge on any atom is -0.378 e. The summed E-state index contributed by atoms with van der Waals surface area (Å²) in [5.74, 6) is -0.540. The van der Waals surface area contributed by atoms with Gasteiger partial charge in [-0.05, 0) is 42.7 Å². The van der Waals surface area contributed by atoms with Gasteiger partial charge in [0.25, 0.3) is 0 Å². The van der Waals surface area contributed by atoms with E-state index in [1.54, 1.807) is 22.8 Å². The van der Waals surface area contributed by atoms with Gasteiger partial charge in [-0.15, -0.1) is 0 Å². The molecule has 0 amide bonds. The van der Waals surface area contributed by atoms with Crippen LogP contribution in [0, 0.1) is 5.82 Å². The van der Waals surface area contributed by atoms with Crippen LogP contribution in [0.5, 0.6) is 0 Å². The summed E-state index contributed by atoms with van der Waals surface area (Å²) in [6.45, 7) is 6.58. The molecule has 0 N–H and O–H groups in total. The van der Waals surface area contributed by atoms with E-state index in [0.717, 1.165) is 18.4 Å². The van der Waals surface area contributed by atoms with Crippen LogP contribution >= 0.6 is 0 Å². The van der Waals surface area contributed by atoms with E-state index in [2.05, 4.69) is 0 Å². The SMILES string of the molecule is CCCn1cc(S(=O)(=O)c2ccc(CC)cc2)c(=O)c2cc(F)c(N3CCOCC3)cc21. The maximum Gasteiger partial charge on any atom is 0.211 e. The van der Waals surface area contributed by atoms with Crippen molar-refractivity contribution in [3.63, 3.8) is 0 Å². The Kier molecular flexibility index (Phi) is 6.35. The van der Waals surface area contributed by atoms with Crippen molar-refractivity contribution < 1.29 is 17.5 Å². The van der Waals surface area contributed by atoms with Gasteiger partial charge in [-0.25, -0.2) is 12.8 Å². The summed E-state index contributed by atoms with van der Waals surface area (Å²) in [7, 11) is -4.05. The van der Waals surface area contributed by atoms with Crippen LogP contribution in [0.1, 0.15) is 25.8 Å². The Bertz CT molecular complexity index is 1290. The van der Waals surface area contributed by atoms with Crippen molar-refractivity contribution in [1.29, 1.82) is 0 Å². The number of ether oxygens (including phenoxy) is 1. The third kappa shape index (κ3) is 4.04. The van der Waals surface area contributed by atoms with Crippen LogP contribution in [0.3, 0.4) is 0 Å². The summed E-state index contributed by atoms with van der Waals surface area (Å²) in [5, 5.41) is 0.0687. The number of anilines is 1. The molecule has 0 saturated carbocycles. The fraction of sp³-hybridized carbons (Fsp3) is 0.375. The molecule has 0 aliphatic carbocycles. The number of nitrogens with zero attached hydrogens (tertiary/aromatic N) is 2. The Morgan fingerprint density at radius 1 is 1.06 bits per heavy atom. The average Bonchev–Trinajstić information content (AvgIpc) is 2.81. The molecule has 1 saturated heterocycles. The molecule has 1 fully saturated rings. The lowest BCUT2D eigenvalue weighted by molar-refractivity contribution is 0.122. The lowest BCUT2D eigenvalue weighted by Gasteiger charge is -2.29. The summed E-state index contributed by atoms with van der Waals surface area (Å²) in [6.07, 6.45) is 2.91. The second-order valence-electron chi connectivity index (χ2n) is 7.94. The van der Waals surface area contributed by atoms with Crippen molar-refractivity contribution in [2.45, 2.75) is 43.0 Å². The maximum absolute atomic E-state index is 15.1. The van der Waals surface area contributed by atoms with Gasteiger partial charge in [0, 0.05) is 25.8 Å². The number of rotatable bonds is 6. The zero-order valence-electron chi connectivity index (χ0n) is 18.3. The maximum atomic E-state index is 15.1. The lowest BCUT2D eigenvalue weighted by Crippen LogP contribution is -2.36. The number of morpholine rings is 1. The van der Waals surface area contributed by atoms with Crippen LogP contribution in [0.2, 0.25) is 0 Å². The highest BCUT2D eigenvalue weighted by molar-refractivity contribution is 7.91. The minimum atomic E-state index is -4.05. The predicted octanol–water partition coefficient (Wildman–Crippen LogP) is 3.78. The van der Waals surface area contributed by atoms with Crippen molar-refractivity contribution >= 4 is 26.4 Å². The molecule has 4 rings (SSSR count). The zero-order chi connectivity index (χ0) is 22.9. The monoisotopic (exact) mass is 458 g/mol. The van der Waals surface area contributed by atoms with Gasteiger partial charge in [0.2, 0.25) is 15.3 Å². The normalized spacial score (nSPS) is 14.8. The summed E-state index contributed by atoms with van der Waals surface area (Å²) < 4.78 is 48.8. The molecule has 32 heavy (non-hydrogen) atoms. The van der Waals surface area contributed by atoms with Crippen LogP contribution in [0.15, 0.2) is 57.2 Å². The van der Waals surface area contributed by atoms with Gasteiger partial charge < -0.3 is 14.2 Å². The van der Waals surface area contributed by atoms with Crippen molar-refractivity contribution in [3.05, 3.63) is 64.2 Å². The summed E-state index contributed by atoms with van der Waals surface area (Å²) in [5.41, 5.74) is 1.25. The first-order valence-corrected chi connectivity index (χ1v) is 12.4. The van der Waals surface area contributed by atoms with Crippen LogP contribution in [0.25, 0.3) is 10.9 Å².